The molecule has 0 aliphatic heterocycles. The molecule has 4 rings (SSSR count). The van der Waals surface area contributed by atoms with Gasteiger partial charge in [-0.05, 0) is 55.0 Å². The first kappa shape index (κ1) is 24.3. The second-order valence-corrected chi connectivity index (χ2v) is 7.64. The Bertz CT molecular complexity index is 1340. The number of hydrogen-bond donors (Lipinski definition) is 2. The van der Waals surface area contributed by atoms with Gasteiger partial charge >= 0.3 is 5.97 Å². The number of amides is 1. The molecular weight excluding hydrogens is 460 g/mol. The molecule has 1 amide bonds. The standard InChI is InChI=1S/C28H24N2O6/c1-2-34-28(33)20-11-13-24(26(31)15-20)30-27(32)25-14-12-23(17-29-25)36-22-10-6-9-21(16-22)35-18-19-7-4-3-5-8-19/h3-17,31H,2,18H2,1H3,(H,30,32). The van der Waals surface area contributed by atoms with Gasteiger partial charge in [0.1, 0.15) is 35.3 Å². The van der Waals surface area contributed by atoms with E-state index in [2.05, 4.69) is 10.3 Å². The average Bonchev–Trinajstić information content (AvgIpc) is 2.90. The largest absolute Gasteiger partial charge is 0.506 e. The Kier molecular flexibility index (Phi) is 7.77. The molecule has 1 aromatic heterocycles. The van der Waals surface area contributed by atoms with Crippen LogP contribution in [0.25, 0.3) is 0 Å². The van der Waals surface area contributed by atoms with Gasteiger partial charge in [-0.25, -0.2) is 9.78 Å². The van der Waals surface area contributed by atoms with Crippen LogP contribution in [0.1, 0.15) is 33.3 Å². The summed E-state index contributed by atoms with van der Waals surface area (Å²) in [5.74, 6) is 0.310. The molecule has 0 aliphatic carbocycles. The number of carbonyl (C=O) groups is 2. The quantitative estimate of drug-likeness (QED) is 0.236. The molecule has 8 heteroatoms. The van der Waals surface area contributed by atoms with Gasteiger partial charge in [0.2, 0.25) is 0 Å². The number of anilines is 1. The number of aromatic hydroxyl groups is 1. The fraction of sp³-hybridized carbons (Fsp3) is 0.107. The minimum Gasteiger partial charge on any atom is -0.506 e. The van der Waals surface area contributed by atoms with E-state index in [1.807, 2.05) is 42.5 Å². The number of nitrogens with zero attached hydrogens (tertiary/aromatic N) is 1. The van der Waals surface area contributed by atoms with Crippen LogP contribution in [0.3, 0.4) is 0 Å². The van der Waals surface area contributed by atoms with Crippen LogP contribution in [-0.2, 0) is 11.3 Å². The molecule has 0 radical (unpaired) electrons. The molecule has 36 heavy (non-hydrogen) atoms. The SMILES string of the molecule is CCOC(=O)c1ccc(NC(=O)c2ccc(Oc3cccc(OCc4ccccc4)c3)cn2)c(O)c1. The summed E-state index contributed by atoms with van der Waals surface area (Å²) >= 11 is 0. The Morgan fingerprint density at radius 1 is 0.889 bits per heavy atom. The molecule has 4 aromatic rings. The van der Waals surface area contributed by atoms with Crippen LogP contribution in [0.2, 0.25) is 0 Å². The normalized spacial score (nSPS) is 10.4. The Morgan fingerprint density at radius 2 is 1.69 bits per heavy atom. The molecule has 0 atom stereocenters. The van der Waals surface area contributed by atoms with Crippen LogP contribution in [0, 0.1) is 0 Å². The Balaban J connectivity index is 1.36. The summed E-state index contributed by atoms with van der Waals surface area (Å²) in [6.07, 6.45) is 1.43. The van der Waals surface area contributed by atoms with Crippen molar-refractivity contribution in [3.05, 3.63) is 108 Å². The second-order valence-electron chi connectivity index (χ2n) is 7.64. The van der Waals surface area contributed by atoms with Crippen molar-refractivity contribution in [3.8, 4) is 23.0 Å². The molecule has 0 saturated heterocycles. The van der Waals surface area contributed by atoms with Gasteiger partial charge in [-0.3, -0.25) is 4.79 Å². The van der Waals surface area contributed by atoms with E-state index in [0.29, 0.717) is 23.9 Å². The highest BCUT2D eigenvalue weighted by Gasteiger charge is 2.14. The fourth-order valence-electron chi connectivity index (χ4n) is 3.24. The number of aromatic nitrogens is 1. The van der Waals surface area contributed by atoms with Crippen molar-refractivity contribution in [1.29, 1.82) is 0 Å². The van der Waals surface area contributed by atoms with Gasteiger partial charge in [0.25, 0.3) is 5.91 Å². The number of esters is 1. The average molecular weight is 485 g/mol. The van der Waals surface area contributed by atoms with E-state index in [4.69, 9.17) is 14.2 Å². The number of benzene rings is 3. The molecule has 0 spiro atoms. The van der Waals surface area contributed by atoms with E-state index in [0.717, 1.165) is 5.56 Å². The van der Waals surface area contributed by atoms with Crippen LogP contribution < -0.4 is 14.8 Å². The third-order valence-electron chi connectivity index (χ3n) is 5.02. The van der Waals surface area contributed by atoms with Gasteiger partial charge in [0.05, 0.1) is 24.1 Å². The summed E-state index contributed by atoms with van der Waals surface area (Å²) in [6.45, 7) is 2.35. The van der Waals surface area contributed by atoms with Gasteiger partial charge in [-0.15, -0.1) is 0 Å². The first-order valence-corrected chi connectivity index (χ1v) is 11.2. The molecule has 0 fully saturated rings. The van der Waals surface area contributed by atoms with E-state index in [1.54, 1.807) is 25.1 Å². The lowest BCUT2D eigenvalue weighted by Gasteiger charge is -2.10. The number of phenols is 1. The highest BCUT2D eigenvalue weighted by atomic mass is 16.5. The van der Waals surface area contributed by atoms with Crippen molar-refractivity contribution in [2.75, 3.05) is 11.9 Å². The molecular formula is C28H24N2O6. The zero-order valence-corrected chi connectivity index (χ0v) is 19.5. The Hall–Kier alpha value is -4.85. The summed E-state index contributed by atoms with van der Waals surface area (Å²) in [7, 11) is 0. The van der Waals surface area contributed by atoms with Crippen molar-refractivity contribution >= 4 is 17.6 Å². The molecule has 0 bridgehead atoms. The monoisotopic (exact) mass is 484 g/mol. The topological polar surface area (TPSA) is 107 Å². The lowest BCUT2D eigenvalue weighted by molar-refractivity contribution is 0.0526. The molecule has 1 heterocycles. The van der Waals surface area contributed by atoms with Gasteiger partial charge in [0.15, 0.2) is 0 Å². The number of rotatable bonds is 9. The molecule has 0 unspecified atom stereocenters. The van der Waals surface area contributed by atoms with Crippen LogP contribution in [0.5, 0.6) is 23.0 Å². The smallest absolute Gasteiger partial charge is 0.338 e. The Morgan fingerprint density at radius 3 is 2.42 bits per heavy atom. The summed E-state index contributed by atoms with van der Waals surface area (Å²) < 4.78 is 16.6. The molecule has 2 N–H and O–H groups in total. The van der Waals surface area contributed by atoms with Crippen molar-refractivity contribution in [2.45, 2.75) is 13.5 Å². The number of ether oxygens (including phenoxy) is 3. The van der Waals surface area contributed by atoms with E-state index in [9.17, 15) is 14.7 Å². The fourth-order valence-corrected chi connectivity index (χ4v) is 3.24. The summed E-state index contributed by atoms with van der Waals surface area (Å²) in [6, 6.07) is 24.3. The molecule has 0 aliphatic rings. The number of carbonyl (C=O) groups excluding carboxylic acids is 2. The van der Waals surface area contributed by atoms with E-state index < -0.39 is 11.9 Å². The van der Waals surface area contributed by atoms with Crippen LogP contribution in [0.15, 0.2) is 91.1 Å². The first-order valence-electron chi connectivity index (χ1n) is 11.2. The van der Waals surface area contributed by atoms with E-state index in [-0.39, 0.29) is 29.3 Å². The molecule has 8 nitrogen and oxygen atoms in total. The van der Waals surface area contributed by atoms with Gasteiger partial charge in [-0.1, -0.05) is 36.4 Å². The van der Waals surface area contributed by atoms with Crippen molar-refractivity contribution in [1.82, 2.24) is 4.98 Å². The number of hydrogen-bond acceptors (Lipinski definition) is 7. The van der Waals surface area contributed by atoms with Gasteiger partial charge in [0, 0.05) is 6.07 Å². The highest BCUT2D eigenvalue weighted by molar-refractivity contribution is 6.04. The maximum atomic E-state index is 12.6. The van der Waals surface area contributed by atoms with Gasteiger partial charge in [-0.2, -0.15) is 0 Å². The third kappa shape index (κ3) is 6.38. The highest BCUT2D eigenvalue weighted by Crippen LogP contribution is 2.27. The summed E-state index contributed by atoms with van der Waals surface area (Å²) in [5.41, 5.74) is 1.50. The molecule has 182 valence electrons. The zero-order valence-electron chi connectivity index (χ0n) is 19.5. The van der Waals surface area contributed by atoms with Crippen molar-refractivity contribution in [2.24, 2.45) is 0 Å². The van der Waals surface area contributed by atoms with Crippen molar-refractivity contribution in [3.63, 3.8) is 0 Å². The van der Waals surface area contributed by atoms with Crippen LogP contribution >= 0.6 is 0 Å². The summed E-state index contributed by atoms with van der Waals surface area (Å²) in [5, 5.41) is 12.7. The van der Waals surface area contributed by atoms with E-state index >= 15 is 0 Å². The van der Waals surface area contributed by atoms with Crippen LogP contribution in [0.4, 0.5) is 5.69 Å². The number of nitrogens with one attached hydrogen (secondary N) is 1. The number of phenolic OH excluding ortho intramolecular Hbond substituents is 1. The van der Waals surface area contributed by atoms with Crippen molar-refractivity contribution < 1.29 is 28.9 Å². The Labute approximate surface area is 208 Å². The third-order valence-corrected chi connectivity index (χ3v) is 5.02. The first-order chi connectivity index (χ1) is 17.5. The summed E-state index contributed by atoms with van der Waals surface area (Å²) in [4.78, 5) is 28.5. The number of pyridine rings is 1. The van der Waals surface area contributed by atoms with E-state index in [1.165, 1.54) is 30.5 Å². The van der Waals surface area contributed by atoms with Crippen LogP contribution in [-0.4, -0.2) is 28.6 Å². The molecule has 0 saturated carbocycles. The second kappa shape index (κ2) is 11.5. The predicted octanol–water partition coefficient (Wildman–Crippen LogP) is 5.59. The zero-order chi connectivity index (χ0) is 25.3. The predicted molar refractivity (Wildman–Crippen MR) is 134 cm³/mol. The lowest BCUT2D eigenvalue weighted by Crippen LogP contribution is -2.14. The minimum absolute atomic E-state index is 0.121. The maximum Gasteiger partial charge on any atom is 0.338 e. The minimum atomic E-state index is -0.559. The van der Waals surface area contributed by atoms with Gasteiger partial charge < -0.3 is 24.6 Å². The maximum absolute atomic E-state index is 12.6. The lowest BCUT2D eigenvalue weighted by atomic mass is 10.2. The molecule has 3 aromatic carbocycles.